The first-order valence-corrected chi connectivity index (χ1v) is 3.67. The molecule has 0 saturated heterocycles. The Morgan fingerprint density at radius 2 is 1.90 bits per heavy atom. The molecule has 0 heterocycles. The summed E-state index contributed by atoms with van der Waals surface area (Å²) < 4.78 is 0. The van der Waals surface area contributed by atoms with Crippen LogP contribution in [0.25, 0.3) is 0 Å². The van der Waals surface area contributed by atoms with Gasteiger partial charge in [0.25, 0.3) is 0 Å². The zero-order chi connectivity index (χ0) is 8.36. The fraction of sp³-hybridized carbons (Fsp3) is 0.875. The topological polar surface area (TPSA) is 49.9 Å². The van der Waals surface area contributed by atoms with Gasteiger partial charge in [0.15, 0.2) is 0 Å². The van der Waals surface area contributed by atoms with E-state index in [1.807, 2.05) is 6.92 Å². The minimum Gasteiger partial charge on any atom is -0.387 e. The molecule has 0 aromatic heterocycles. The summed E-state index contributed by atoms with van der Waals surface area (Å²) in [6.45, 7) is 8.47. The average Bonchev–Trinajstić information content (AvgIpc) is 1.60. The van der Waals surface area contributed by atoms with Crippen LogP contribution in [0.2, 0.25) is 0 Å². The fourth-order valence-corrected chi connectivity index (χ4v) is 1.03. The third kappa shape index (κ3) is 4.36. The fourth-order valence-electron chi connectivity index (χ4n) is 1.03. The molecule has 0 aromatic rings. The van der Waals surface area contributed by atoms with Crippen molar-refractivity contribution in [2.45, 2.75) is 34.1 Å². The van der Waals surface area contributed by atoms with Gasteiger partial charge in [0.05, 0.1) is 5.84 Å². The molecular weight excluding hydrogens is 124 g/mol. The molecule has 0 spiro atoms. The molecule has 0 aliphatic carbocycles. The first kappa shape index (κ1) is 9.47. The molecule has 10 heavy (non-hydrogen) atoms. The van der Waals surface area contributed by atoms with Crippen molar-refractivity contribution < 1.29 is 0 Å². The molecule has 3 N–H and O–H groups in total. The van der Waals surface area contributed by atoms with Gasteiger partial charge in [0, 0.05) is 5.92 Å². The summed E-state index contributed by atoms with van der Waals surface area (Å²) in [7, 11) is 0. The Kier molecular flexibility index (Phi) is 2.88. The number of hydrogen-bond donors (Lipinski definition) is 2. The van der Waals surface area contributed by atoms with Gasteiger partial charge in [-0.15, -0.1) is 0 Å². The Morgan fingerprint density at radius 1 is 1.50 bits per heavy atom. The lowest BCUT2D eigenvalue weighted by Gasteiger charge is -2.21. The van der Waals surface area contributed by atoms with Gasteiger partial charge in [-0.2, -0.15) is 0 Å². The lowest BCUT2D eigenvalue weighted by molar-refractivity contribution is 0.344. The van der Waals surface area contributed by atoms with Crippen molar-refractivity contribution >= 4 is 5.84 Å². The highest BCUT2D eigenvalue weighted by Crippen LogP contribution is 2.23. The molecule has 0 fully saturated rings. The first-order chi connectivity index (χ1) is 4.33. The molecule has 2 heteroatoms. The van der Waals surface area contributed by atoms with Gasteiger partial charge in [-0.25, -0.2) is 0 Å². The largest absolute Gasteiger partial charge is 0.387 e. The molecule has 0 aliphatic heterocycles. The van der Waals surface area contributed by atoms with Gasteiger partial charge >= 0.3 is 0 Å². The van der Waals surface area contributed by atoms with E-state index in [-0.39, 0.29) is 11.3 Å². The third-order valence-corrected chi connectivity index (χ3v) is 1.45. The van der Waals surface area contributed by atoms with E-state index in [9.17, 15) is 0 Å². The molecule has 2 nitrogen and oxygen atoms in total. The number of rotatable bonds is 2. The highest BCUT2D eigenvalue weighted by atomic mass is 14.7. The molecule has 0 rings (SSSR count). The third-order valence-electron chi connectivity index (χ3n) is 1.45. The number of nitrogens with one attached hydrogen (secondary N) is 1. The summed E-state index contributed by atoms with van der Waals surface area (Å²) in [4.78, 5) is 0. The molecule has 60 valence electrons. The van der Waals surface area contributed by atoms with Crippen LogP contribution in [0.15, 0.2) is 0 Å². The van der Waals surface area contributed by atoms with Crippen molar-refractivity contribution in [2.75, 3.05) is 0 Å². The predicted octanol–water partition coefficient (Wildman–Crippen LogP) is 1.99. The predicted molar refractivity (Wildman–Crippen MR) is 45.2 cm³/mol. The van der Waals surface area contributed by atoms with Crippen LogP contribution >= 0.6 is 0 Å². The standard InChI is InChI=1S/C8H18N2/c1-6(7(9)10)5-8(2,3)4/h6H,5H2,1-4H3,(H3,9,10). The SMILES string of the molecule is CC(CC(C)(C)C)C(=N)N. The van der Waals surface area contributed by atoms with E-state index in [2.05, 4.69) is 20.8 Å². The summed E-state index contributed by atoms with van der Waals surface area (Å²) in [6, 6.07) is 0. The van der Waals surface area contributed by atoms with Crippen LogP contribution in [-0.4, -0.2) is 5.84 Å². The maximum atomic E-state index is 7.16. The second-order valence-corrected chi connectivity index (χ2v) is 4.12. The summed E-state index contributed by atoms with van der Waals surface area (Å²) in [5, 5.41) is 7.16. The van der Waals surface area contributed by atoms with E-state index in [0.717, 1.165) is 6.42 Å². The average molecular weight is 142 g/mol. The lowest BCUT2D eigenvalue weighted by Crippen LogP contribution is -2.24. The Labute approximate surface area is 63.3 Å². The summed E-state index contributed by atoms with van der Waals surface area (Å²) in [6.07, 6.45) is 0.988. The van der Waals surface area contributed by atoms with Crippen molar-refractivity contribution in [3.8, 4) is 0 Å². The maximum absolute atomic E-state index is 7.16. The van der Waals surface area contributed by atoms with E-state index in [1.54, 1.807) is 0 Å². The van der Waals surface area contributed by atoms with Gasteiger partial charge in [0.1, 0.15) is 0 Å². The minimum atomic E-state index is 0.222. The van der Waals surface area contributed by atoms with Gasteiger partial charge in [-0.1, -0.05) is 27.7 Å². The van der Waals surface area contributed by atoms with Crippen molar-refractivity contribution in [1.29, 1.82) is 5.41 Å². The zero-order valence-electron chi connectivity index (χ0n) is 7.36. The lowest BCUT2D eigenvalue weighted by atomic mass is 9.85. The Morgan fingerprint density at radius 3 is 2.00 bits per heavy atom. The molecule has 1 unspecified atom stereocenters. The highest BCUT2D eigenvalue weighted by molar-refractivity contribution is 5.79. The van der Waals surface area contributed by atoms with Gasteiger partial charge in [0.2, 0.25) is 0 Å². The van der Waals surface area contributed by atoms with Crippen LogP contribution in [-0.2, 0) is 0 Å². The van der Waals surface area contributed by atoms with E-state index >= 15 is 0 Å². The quantitative estimate of drug-likeness (QED) is 0.449. The minimum absolute atomic E-state index is 0.222. The number of amidine groups is 1. The zero-order valence-corrected chi connectivity index (χ0v) is 7.36. The molecule has 0 bridgehead atoms. The van der Waals surface area contributed by atoms with Crippen molar-refractivity contribution in [1.82, 2.24) is 0 Å². The van der Waals surface area contributed by atoms with Crippen LogP contribution < -0.4 is 5.73 Å². The van der Waals surface area contributed by atoms with Gasteiger partial charge in [-0.3, -0.25) is 5.41 Å². The normalized spacial score (nSPS) is 14.8. The Hall–Kier alpha value is -0.530. The van der Waals surface area contributed by atoms with E-state index in [4.69, 9.17) is 11.1 Å². The molecule has 0 radical (unpaired) electrons. The molecule has 0 amide bonds. The van der Waals surface area contributed by atoms with Crippen LogP contribution in [0.5, 0.6) is 0 Å². The van der Waals surface area contributed by atoms with Gasteiger partial charge < -0.3 is 5.73 Å². The van der Waals surface area contributed by atoms with E-state index in [1.165, 1.54) is 0 Å². The molecule has 0 aliphatic rings. The monoisotopic (exact) mass is 142 g/mol. The smallest absolute Gasteiger partial charge is 0.0934 e. The number of nitrogens with two attached hydrogens (primary N) is 1. The van der Waals surface area contributed by atoms with E-state index < -0.39 is 0 Å². The molecule has 0 saturated carbocycles. The van der Waals surface area contributed by atoms with Crippen molar-refractivity contribution in [3.63, 3.8) is 0 Å². The van der Waals surface area contributed by atoms with Crippen LogP contribution in [0.3, 0.4) is 0 Å². The highest BCUT2D eigenvalue weighted by Gasteiger charge is 2.16. The van der Waals surface area contributed by atoms with Crippen molar-refractivity contribution in [2.24, 2.45) is 17.1 Å². The van der Waals surface area contributed by atoms with Crippen LogP contribution in [0.1, 0.15) is 34.1 Å². The summed E-state index contributed by atoms with van der Waals surface area (Å²) >= 11 is 0. The first-order valence-electron chi connectivity index (χ1n) is 3.67. The second kappa shape index (κ2) is 3.04. The van der Waals surface area contributed by atoms with E-state index in [0.29, 0.717) is 5.84 Å². The van der Waals surface area contributed by atoms with Gasteiger partial charge in [-0.05, 0) is 11.8 Å². The molecule has 0 aromatic carbocycles. The Bertz CT molecular complexity index is 122. The molecule has 1 atom stereocenters. The second-order valence-electron chi connectivity index (χ2n) is 4.12. The van der Waals surface area contributed by atoms with Crippen molar-refractivity contribution in [3.05, 3.63) is 0 Å². The summed E-state index contributed by atoms with van der Waals surface area (Å²) in [5.74, 6) is 0.523. The Balaban J connectivity index is 3.80. The van der Waals surface area contributed by atoms with Crippen LogP contribution in [0.4, 0.5) is 0 Å². The maximum Gasteiger partial charge on any atom is 0.0934 e. The molecular formula is C8H18N2. The number of hydrogen-bond acceptors (Lipinski definition) is 1. The summed E-state index contributed by atoms with van der Waals surface area (Å²) in [5.41, 5.74) is 5.61. The van der Waals surface area contributed by atoms with Crippen LogP contribution in [0, 0.1) is 16.7 Å².